The highest BCUT2D eigenvalue weighted by molar-refractivity contribution is 7.92. The molecule has 0 amide bonds. The SMILES string of the molecule is CCCCc1ccc(S(=O)(=O)Nc2cnn(Cc3cccc4ccccc34)c2)cc1. The van der Waals surface area contributed by atoms with E-state index in [2.05, 4.69) is 41.0 Å². The van der Waals surface area contributed by atoms with Crippen molar-refractivity contribution in [3.05, 3.63) is 90.3 Å². The van der Waals surface area contributed by atoms with E-state index in [-0.39, 0.29) is 4.90 Å². The standard InChI is InChI=1S/C24H25N3O2S/c1-2-3-7-19-12-14-23(15-13-19)30(28,29)26-22-16-25-27(18-22)17-21-10-6-9-20-8-4-5-11-24(20)21/h4-6,8-16,18,26H,2-3,7,17H2,1H3. The molecule has 0 radical (unpaired) electrons. The van der Waals surface area contributed by atoms with Crippen LogP contribution in [0.1, 0.15) is 30.9 Å². The third-order valence-corrected chi connectivity index (χ3v) is 6.55. The van der Waals surface area contributed by atoms with E-state index in [9.17, 15) is 8.42 Å². The fourth-order valence-electron chi connectivity index (χ4n) is 3.54. The molecule has 1 N–H and O–H groups in total. The summed E-state index contributed by atoms with van der Waals surface area (Å²) in [5.41, 5.74) is 2.73. The van der Waals surface area contributed by atoms with Crippen molar-refractivity contribution in [3.63, 3.8) is 0 Å². The zero-order valence-electron chi connectivity index (χ0n) is 17.0. The number of nitrogens with zero attached hydrogens (tertiary/aromatic N) is 2. The molecule has 0 saturated heterocycles. The van der Waals surface area contributed by atoms with Crippen LogP contribution in [0.4, 0.5) is 5.69 Å². The van der Waals surface area contributed by atoms with Crippen LogP contribution in [-0.4, -0.2) is 18.2 Å². The monoisotopic (exact) mass is 419 g/mol. The lowest BCUT2D eigenvalue weighted by atomic mass is 10.0. The quantitative estimate of drug-likeness (QED) is 0.425. The van der Waals surface area contributed by atoms with Gasteiger partial charge in [-0.15, -0.1) is 0 Å². The minimum absolute atomic E-state index is 0.254. The lowest BCUT2D eigenvalue weighted by Gasteiger charge is -2.08. The van der Waals surface area contributed by atoms with Crippen molar-refractivity contribution in [1.29, 1.82) is 0 Å². The molecule has 0 atom stereocenters. The highest BCUT2D eigenvalue weighted by Gasteiger charge is 2.15. The number of benzene rings is 3. The van der Waals surface area contributed by atoms with E-state index >= 15 is 0 Å². The summed E-state index contributed by atoms with van der Waals surface area (Å²) >= 11 is 0. The van der Waals surface area contributed by atoms with Crippen molar-refractivity contribution in [3.8, 4) is 0 Å². The molecule has 1 aromatic heterocycles. The zero-order valence-corrected chi connectivity index (χ0v) is 17.8. The van der Waals surface area contributed by atoms with E-state index in [1.165, 1.54) is 17.0 Å². The van der Waals surface area contributed by atoms with Gasteiger partial charge in [-0.2, -0.15) is 5.10 Å². The van der Waals surface area contributed by atoms with Crippen molar-refractivity contribution in [1.82, 2.24) is 9.78 Å². The number of unbranched alkanes of at least 4 members (excludes halogenated alkanes) is 1. The fraction of sp³-hybridized carbons (Fsp3) is 0.208. The molecule has 3 aromatic carbocycles. The van der Waals surface area contributed by atoms with Crippen LogP contribution in [0.15, 0.2) is 84.0 Å². The van der Waals surface area contributed by atoms with Crippen molar-refractivity contribution in [2.24, 2.45) is 0 Å². The van der Waals surface area contributed by atoms with E-state index < -0.39 is 10.0 Å². The van der Waals surface area contributed by atoms with Crippen molar-refractivity contribution in [2.45, 2.75) is 37.6 Å². The average Bonchev–Trinajstić information content (AvgIpc) is 3.19. The van der Waals surface area contributed by atoms with Gasteiger partial charge in [0.15, 0.2) is 0 Å². The minimum atomic E-state index is -3.65. The normalized spacial score (nSPS) is 11.6. The van der Waals surface area contributed by atoms with Crippen LogP contribution in [0.5, 0.6) is 0 Å². The van der Waals surface area contributed by atoms with Crippen LogP contribution in [0.3, 0.4) is 0 Å². The summed E-state index contributed by atoms with van der Waals surface area (Å²) in [6.07, 6.45) is 6.43. The molecule has 0 fully saturated rings. The number of fused-ring (bicyclic) bond motifs is 1. The van der Waals surface area contributed by atoms with Crippen LogP contribution in [0.2, 0.25) is 0 Å². The second-order valence-corrected chi connectivity index (χ2v) is 9.10. The van der Waals surface area contributed by atoms with E-state index in [4.69, 9.17) is 0 Å². The molecule has 6 heteroatoms. The summed E-state index contributed by atoms with van der Waals surface area (Å²) in [6.45, 7) is 2.71. The number of anilines is 1. The number of aryl methyl sites for hydroxylation is 1. The Balaban J connectivity index is 1.48. The number of hydrogen-bond acceptors (Lipinski definition) is 3. The lowest BCUT2D eigenvalue weighted by molar-refractivity contribution is 0.601. The number of sulfonamides is 1. The molecule has 4 rings (SSSR count). The first-order chi connectivity index (χ1) is 14.5. The Labute approximate surface area is 177 Å². The van der Waals surface area contributed by atoms with Gasteiger partial charge in [-0.25, -0.2) is 8.42 Å². The van der Waals surface area contributed by atoms with Gasteiger partial charge in [-0.05, 0) is 46.9 Å². The summed E-state index contributed by atoms with van der Waals surface area (Å²) in [4.78, 5) is 0.254. The predicted octanol–water partition coefficient (Wildman–Crippen LogP) is 5.23. The number of nitrogens with one attached hydrogen (secondary N) is 1. The van der Waals surface area contributed by atoms with Gasteiger partial charge in [-0.1, -0.05) is 67.9 Å². The average molecular weight is 420 g/mol. The van der Waals surface area contributed by atoms with Gasteiger partial charge in [0.1, 0.15) is 0 Å². The van der Waals surface area contributed by atoms with Crippen LogP contribution in [-0.2, 0) is 23.0 Å². The minimum Gasteiger partial charge on any atom is -0.276 e. The summed E-state index contributed by atoms with van der Waals surface area (Å²) in [6, 6.07) is 21.4. The molecule has 1 heterocycles. The Morgan fingerprint density at radius 3 is 2.53 bits per heavy atom. The first-order valence-corrected chi connectivity index (χ1v) is 11.6. The summed E-state index contributed by atoms with van der Waals surface area (Å²) < 4.78 is 29.8. The van der Waals surface area contributed by atoms with Gasteiger partial charge in [0.2, 0.25) is 0 Å². The van der Waals surface area contributed by atoms with Crippen LogP contribution >= 0.6 is 0 Å². The molecule has 0 unspecified atom stereocenters. The molecule has 0 spiro atoms. The zero-order chi connectivity index (χ0) is 21.0. The third-order valence-electron chi connectivity index (χ3n) is 5.15. The molecule has 30 heavy (non-hydrogen) atoms. The van der Waals surface area contributed by atoms with Crippen LogP contribution in [0.25, 0.3) is 10.8 Å². The molecule has 0 aliphatic heterocycles. The van der Waals surface area contributed by atoms with Gasteiger partial charge in [0.25, 0.3) is 10.0 Å². The van der Waals surface area contributed by atoms with Gasteiger partial charge in [0.05, 0.1) is 23.3 Å². The Morgan fingerprint density at radius 1 is 0.967 bits per heavy atom. The molecule has 154 valence electrons. The van der Waals surface area contributed by atoms with Crippen LogP contribution in [0, 0.1) is 0 Å². The molecule has 0 aliphatic rings. The first kappa shape index (κ1) is 20.2. The second-order valence-electron chi connectivity index (χ2n) is 7.42. The molecule has 5 nitrogen and oxygen atoms in total. The predicted molar refractivity (Wildman–Crippen MR) is 121 cm³/mol. The largest absolute Gasteiger partial charge is 0.276 e. The van der Waals surface area contributed by atoms with Gasteiger partial charge in [-0.3, -0.25) is 9.40 Å². The molecule has 0 aliphatic carbocycles. The highest BCUT2D eigenvalue weighted by atomic mass is 32.2. The number of hydrogen-bond donors (Lipinski definition) is 1. The molecular formula is C24H25N3O2S. The van der Waals surface area contributed by atoms with Gasteiger partial charge in [0, 0.05) is 6.20 Å². The van der Waals surface area contributed by atoms with E-state index in [0.29, 0.717) is 12.2 Å². The van der Waals surface area contributed by atoms with Crippen molar-refractivity contribution >= 4 is 26.5 Å². The Morgan fingerprint density at radius 2 is 1.73 bits per heavy atom. The first-order valence-electron chi connectivity index (χ1n) is 10.2. The maximum Gasteiger partial charge on any atom is 0.261 e. The lowest BCUT2D eigenvalue weighted by Crippen LogP contribution is -2.12. The summed E-state index contributed by atoms with van der Waals surface area (Å²) in [5, 5.41) is 6.67. The summed E-state index contributed by atoms with van der Waals surface area (Å²) in [5.74, 6) is 0. The highest BCUT2D eigenvalue weighted by Crippen LogP contribution is 2.21. The fourth-order valence-corrected chi connectivity index (χ4v) is 4.57. The third kappa shape index (κ3) is 4.54. The van der Waals surface area contributed by atoms with Gasteiger partial charge < -0.3 is 0 Å². The van der Waals surface area contributed by atoms with E-state index in [1.807, 2.05) is 30.3 Å². The molecule has 0 saturated carbocycles. The Hall–Kier alpha value is -3.12. The number of aromatic nitrogens is 2. The smallest absolute Gasteiger partial charge is 0.261 e. The van der Waals surface area contributed by atoms with E-state index in [0.717, 1.165) is 30.4 Å². The Bertz CT molecular complexity index is 1240. The van der Waals surface area contributed by atoms with Gasteiger partial charge >= 0.3 is 0 Å². The van der Waals surface area contributed by atoms with Crippen molar-refractivity contribution in [2.75, 3.05) is 4.72 Å². The molecule has 4 aromatic rings. The second kappa shape index (κ2) is 8.71. The summed E-state index contributed by atoms with van der Waals surface area (Å²) in [7, 11) is -3.65. The van der Waals surface area contributed by atoms with Crippen LogP contribution < -0.4 is 4.72 Å². The number of rotatable bonds is 8. The van der Waals surface area contributed by atoms with E-state index in [1.54, 1.807) is 23.0 Å². The maximum atomic E-state index is 12.7. The maximum absolute atomic E-state index is 12.7. The molecule has 0 bridgehead atoms. The Kier molecular flexibility index (Phi) is 5.86. The topological polar surface area (TPSA) is 64.0 Å². The van der Waals surface area contributed by atoms with Crippen molar-refractivity contribution < 1.29 is 8.42 Å². The molecular weight excluding hydrogens is 394 g/mol.